The van der Waals surface area contributed by atoms with E-state index in [9.17, 15) is 18.0 Å². The molecule has 0 aliphatic heterocycles. The van der Waals surface area contributed by atoms with Gasteiger partial charge in [-0.05, 0) is 31.5 Å². The number of carbonyl (C=O) groups is 1. The van der Waals surface area contributed by atoms with Crippen LogP contribution in [0.15, 0.2) is 18.2 Å². The van der Waals surface area contributed by atoms with Crippen LogP contribution in [0.1, 0.15) is 29.3 Å². The van der Waals surface area contributed by atoms with E-state index in [1.165, 1.54) is 0 Å². The Hall–Kier alpha value is -1.72. The molecule has 1 rings (SSSR count). The second-order valence-corrected chi connectivity index (χ2v) is 4.20. The fraction of sp³-hybridized carbons (Fsp3) is 0.462. The van der Waals surface area contributed by atoms with E-state index in [0.717, 1.165) is 5.56 Å². The predicted octanol–water partition coefficient (Wildman–Crippen LogP) is 3.11. The normalized spacial score (nSPS) is 11.2. The molecule has 3 nitrogen and oxygen atoms in total. The Bertz CT molecular complexity index is 444. The number of amides is 1. The second-order valence-electron chi connectivity index (χ2n) is 4.20. The highest BCUT2D eigenvalue weighted by Crippen LogP contribution is 2.19. The predicted molar refractivity (Wildman–Crippen MR) is 68.3 cm³/mol. The van der Waals surface area contributed by atoms with E-state index in [1.807, 2.05) is 13.8 Å². The lowest BCUT2D eigenvalue weighted by Crippen LogP contribution is -2.28. The summed E-state index contributed by atoms with van der Waals surface area (Å²) < 4.78 is 36.0. The van der Waals surface area contributed by atoms with Crippen LogP contribution in [-0.2, 0) is 0 Å². The smallest absolute Gasteiger partial charge is 0.385 e. The summed E-state index contributed by atoms with van der Waals surface area (Å²) in [7, 11) is 0. The van der Waals surface area contributed by atoms with E-state index in [0.29, 0.717) is 17.8 Å². The summed E-state index contributed by atoms with van der Waals surface area (Å²) in [5.74, 6) is -0.500. The monoisotopic (exact) mass is 274 g/mol. The molecule has 0 aliphatic carbocycles. The quantitative estimate of drug-likeness (QED) is 0.866. The van der Waals surface area contributed by atoms with Crippen molar-refractivity contribution < 1.29 is 18.0 Å². The molecule has 0 atom stereocenters. The summed E-state index contributed by atoms with van der Waals surface area (Å²) >= 11 is 0. The van der Waals surface area contributed by atoms with Crippen LogP contribution in [0.3, 0.4) is 0 Å². The molecular weight excluding hydrogens is 257 g/mol. The number of hydrogen-bond acceptors (Lipinski definition) is 2. The van der Waals surface area contributed by atoms with Gasteiger partial charge in [0.25, 0.3) is 5.91 Å². The third-order valence-electron chi connectivity index (χ3n) is 2.48. The SMILES string of the molecule is CCNc1cc(C)ccc1C(=O)NCCC(F)(F)F. The van der Waals surface area contributed by atoms with Crippen LogP contribution < -0.4 is 10.6 Å². The number of halogens is 3. The first-order valence-electron chi connectivity index (χ1n) is 6.03. The number of carbonyl (C=O) groups excluding carboxylic acids is 1. The molecule has 1 amide bonds. The van der Waals surface area contributed by atoms with Crippen molar-refractivity contribution >= 4 is 11.6 Å². The molecule has 2 N–H and O–H groups in total. The molecule has 0 saturated heterocycles. The maximum atomic E-state index is 12.0. The number of benzene rings is 1. The summed E-state index contributed by atoms with van der Waals surface area (Å²) in [4.78, 5) is 11.8. The lowest BCUT2D eigenvalue weighted by Gasteiger charge is -2.12. The van der Waals surface area contributed by atoms with Gasteiger partial charge in [-0.1, -0.05) is 6.07 Å². The van der Waals surface area contributed by atoms with Crippen LogP contribution in [0.2, 0.25) is 0 Å². The van der Waals surface area contributed by atoms with Gasteiger partial charge in [-0.3, -0.25) is 4.79 Å². The Balaban J connectivity index is 2.71. The number of aryl methyl sites for hydroxylation is 1. The Kier molecular flexibility index (Phi) is 5.20. The Morgan fingerprint density at radius 3 is 2.58 bits per heavy atom. The maximum Gasteiger partial charge on any atom is 0.390 e. The molecule has 6 heteroatoms. The highest BCUT2D eigenvalue weighted by Gasteiger charge is 2.26. The van der Waals surface area contributed by atoms with Crippen molar-refractivity contribution in [2.75, 3.05) is 18.4 Å². The van der Waals surface area contributed by atoms with E-state index in [1.54, 1.807) is 18.2 Å². The minimum absolute atomic E-state index is 0.356. The van der Waals surface area contributed by atoms with E-state index in [2.05, 4.69) is 10.6 Å². The molecule has 0 aliphatic rings. The van der Waals surface area contributed by atoms with Crippen LogP contribution in [0, 0.1) is 6.92 Å². The number of alkyl halides is 3. The largest absolute Gasteiger partial charge is 0.390 e. The molecule has 0 heterocycles. The van der Waals surface area contributed by atoms with Crippen molar-refractivity contribution in [3.8, 4) is 0 Å². The summed E-state index contributed by atoms with van der Waals surface area (Å²) in [6, 6.07) is 5.15. The molecule has 0 radical (unpaired) electrons. The van der Waals surface area contributed by atoms with Crippen LogP contribution >= 0.6 is 0 Å². The van der Waals surface area contributed by atoms with Gasteiger partial charge in [-0.15, -0.1) is 0 Å². The lowest BCUT2D eigenvalue weighted by atomic mass is 10.1. The summed E-state index contributed by atoms with van der Waals surface area (Å²) in [6.07, 6.45) is -5.29. The molecule has 0 fully saturated rings. The van der Waals surface area contributed by atoms with Crippen LogP contribution in [-0.4, -0.2) is 25.2 Å². The molecule has 1 aromatic carbocycles. The zero-order valence-electron chi connectivity index (χ0n) is 10.9. The highest BCUT2D eigenvalue weighted by molar-refractivity contribution is 5.99. The van der Waals surface area contributed by atoms with Crippen LogP contribution in [0.4, 0.5) is 18.9 Å². The highest BCUT2D eigenvalue weighted by atomic mass is 19.4. The fourth-order valence-corrected chi connectivity index (χ4v) is 1.61. The van der Waals surface area contributed by atoms with Gasteiger partial charge in [0.1, 0.15) is 0 Å². The van der Waals surface area contributed by atoms with E-state index in [-0.39, 0.29) is 0 Å². The van der Waals surface area contributed by atoms with Crippen LogP contribution in [0.5, 0.6) is 0 Å². The van der Waals surface area contributed by atoms with Gasteiger partial charge >= 0.3 is 6.18 Å². The van der Waals surface area contributed by atoms with Gasteiger partial charge < -0.3 is 10.6 Å². The van der Waals surface area contributed by atoms with Gasteiger partial charge in [-0.25, -0.2) is 0 Å². The summed E-state index contributed by atoms with van der Waals surface area (Å²) in [5, 5.41) is 5.30. The average Bonchev–Trinajstić information content (AvgIpc) is 2.27. The van der Waals surface area contributed by atoms with Gasteiger partial charge in [0.15, 0.2) is 0 Å². The van der Waals surface area contributed by atoms with Crippen molar-refractivity contribution in [1.82, 2.24) is 5.32 Å². The number of anilines is 1. The van der Waals surface area contributed by atoms with Gasteiger partial charge in [0, 0.05) is 18.8 Å². The Morgan fingerprint density at radius 1 is 1.32 bits per heavy atom. The fourth-order valence-electron chi connectivity index (χ4n) is 1.61. The van der Waals surface area contributed by atoms with Crippen molar-refractivity contribution in [3.63, 3.8) is 0 Å². The van der Waals surface area contributed by atoms with Gasteiger partial charge in [-0.2, -0.15) is 13.2 Å². The lowest BCUT2D eigenvalue weighted by molar-refractivity contribution is -0.132. The molecule has 106 valence electrons. The zero-order chi connectivity index (χ0) is 14.5. The number of hydrogen-bond donors (Lipinski definition) is 2. The summed E-state index contributed by atoms with van der Waals surface area (Å²) in [6.45, 7) is 3.98. The number of rotatable bonds is 5. The topological polar surface area (TPSA) is 41.1 Å². The third kappa shape index (κ3) is 5.19. The molecular formula is C13H17F3N2O. The first-order chi connectivity index (χ1) is 8.83. The van der Waals surface area contributed by atoms with Crippen molar-refractivity contribution in [3.05, 3.63) is 29.3 Å². The molecule has 0 aromatic heterocycles. The molecule has 0 spiro atoms. The van der Waals surface area contributed by atoms with Crippen molar-refractivity contribution in [1.29, 1.82) is 0 Å². The van der Waals surface area contributed by atoms with E-state index >= 15 is 0 Å². The first-order valence-corrected chi connectivity index (χ1v) is 6.03. The summed E-state index contributed by atoms with van der Waals surface area (Å²) in [5.41, 5.74) is 1.96. The second kappa shape index (κ2) is 6.45. The van der Waals surface area contributed by atoms with Crippen LogP contribution in [0.25, 0.3) is 0 Å². The van der Waals surface area contributed by atoms with Gasteiger partial charge in [0.05, 0.1) is 12.0 Å². The zero-order valence-corrected chi connectivity index (χ0v) is 10.9. The Labute approximate surface area is 110 Å². The van der Waals surface area contributed by atoms with Crippen molar-refractivity contribution in [2.24, 2.45) is 0 Å². The first kappa shape index (κ1) is 15.3. The molecule has 1 aromatic rings. The molecule has 0 bridgehead atoms. The maximum absolute atomic E-state index is 12.0. The Morgan fingerprint density at radius 2 is 2.00 bits per heavy atom. The van der Waals surface area contributed by atoms with E-state index < -0.39 is 25.0 Å². The average molecular weight is 274 g/mol. The molecule has 0 saturated carbocycles. The van der Waals surface area contributed by atoms with Crippen molar-refractivity contribution in [2.45, 2.75) is 26.4 Å². The molecule has 0 unspecified atom stereocenters. The molecule has 19 heavy (non-hydrogen) atoms. The minimum atomic E-state index is -4.26. The van der Waals surface area contributed by atoms with E-state index in [4.69, 9.17) is 0 Å². The number of nitrogens with one attached hydrogen (secondary N) is 2. The van der Waals surface area contributed by atoms with Gasteiger partial charge in [0.2, 0.25) is 0 Å². The third-order valence-corrected chi connectivity index (χ3v) is 2.48. The minimum Gasteiger partial charge on any atom is -0.385 e. The standard InChI is InChI=1S/C13H17F3N2O/c1-3-17-11-8-9(2)4-5-10(11)12(19)18-7-6-13(14,15)16/h4-5,8,17H,3,6-7H2,1-2H3,(H,18,19).